The van der Waals surface area contributed by atoms with Crippen molar-refractivity contribution in [2.24, 2.45) is 5.11 Å². The van der Waals surface area contributed by atoms with Gasteiger partial charge in [-0.3, -0.25) is 0 Å². The molecule has 1 aliphatic rings. The van der Waals surface area contributed by atoms with Crippen LogP contribution in [0.1, 0.15) is 10.4 Å². The summed E-state index contributed by atoms with van der Waals surface area (Å²) in [7, 11) is 0. The summed E-state index contributed by atoms with van der Waals surface area (Å²) >= 11 is 0. The van der Waals surface area contributed by atoms with Crippen LogP contribution in [0.4, 0.5) is 0 Å². The van der Waals surface area contributed by atoms with Crippen molar-refractivity contribution in [3.8, 4) is 11.5 Å². The van der Waals surface area contributed by atoms with Gasteiger partial charge >= 0.3 is 5.91 Å². The van der Waals surface area contributed by atoms with E-state index in [1.165, 1.54) is 12.3 Å². The lowest BCUT2D eigenvalue weighted by Crippen LogP contribution is -2.13. The number of dihydropyridines is 1. The first-order chi connectivity index (χ1) is 12.2. The Hall–Kier alpha value is -3.67. The SMILES string of the molecule is O=C(c1ccccc1Oc1ccccc1)[N+]([O-])=NC=C1C=CNC=C1. The maximum atomic E-state index is 12.4. The Balaban J connectivity index is 1.83. The van der Waals surface area contributed by atoms with Crippen LogP contribution in [0.15, 0.2) is 96.0 Å². The molecule has 6 heteroatoms. The molecular weight excluding hydrogens is 318 g/mol. The van der Waals surface area contributed by atoms with Crippen LogP contribution in [0.3, 0.4) is 0 Å². The van der Waals surface area contributed by atoms with Gasteiger partial charge in [-0.2, -0.15) is 0 Å². The lowest BCUT2D eigenvalue weighted by Gasteiger charge is -2.08. The first-order valence-electron chi connectivity index (χ1n) is 7.57. The van der Waals surface area contributed by atoms with Crippen molar-refractivity contribution in [1.82, 2.24) is 5.32 Å². The molecular formula is C19H15N3O3. The third-order valence-corrected chi connectivity index (χ3v) is 3.32. The fourth-order valence-corrected chi connectivity index (χ4v) is 2.11. The van der Waals surface area contributed by atoms with Gasteiger partial charge in [0.25, 0.3) is 0 Å². The maximum Gasteiger partial charge on any atom is 0.459 e. The van der Waals surface area contributed by atoms with Gasteiger partial charge in [0.2, 0.25) is 0 Å². The molecule has 0 atom stereocenters. The highest BCUT2D eigenvalue weighted by atomic mass is 16.5. The van der Waals surface area contributed by atoms with Gasteiger partial charge in [-0.25, -0.2) is 4.79 Å². The fourth-order valence-electron chi connectivity index (χ4n) is 2.11. The van der Waals surface area contributed by atoms with Gasteiger partial charge in [0.1, 0.15) is 23.3 Å². The number of benzene rings is 2. The zero-order chi connectivity index (χ0) is 17.5. The predicted octanol–water partition coefficient (Wildman–Crippen LogP) is 4.10. The number of hydrogen-bond donors (Lipinski definition) is 1. The van der Waals surface area contributed by atoms with Crippen LogP contribution < -0.4 is 10.1 Å². The van der Waals surface area contributed by atoms with Gasteiger partial charge in [0, 0.05) is 23.1 Å². The minimum Gasteiger partial charge on any atom is -0.591 e. The third kappa shape index (κ3) is 4.20. The first kappa shape index (κ1) is 16.2. The van der Waals surface area contributed by atoms with Crippen LogP contribution in [0.2, 0.25) is 0 Å². The van der Waals surface area contributed by atoms with Crippen LogP contribution in [0, 0.1) is 5.21 Å². The largest absolute Gasteiger partial charge is 0.591 e. The zero-order valence-electron chi connectivity index (χ0n) is 13.2. The molecule has 3 rings (SSSR count). The van der Waals surface area contributed by atoms with E-state index in [2.05, 4.69) is 10.4 Å². The molecule has 0 unspecified atom stereocenters. The molecule has 1 aliphatic heterocycles. The van der Waals surface area contributed by atoms with Crippen LogP contribution in [-0.4, -0.2) is 10.8 Å². The number of rotatable bonds is 4. The van der Waals surface area contributed by atoms with Crippen LogP contribution in [0.5, 0.6) is 11.5 Å². The Bertz CT molecular complexity index is 870. The molecule has 0 fully saturated rings. The minimum atomic E-state index is -0.801. The summed E-state index contributed by atoms with van der Waals surface area (Å²) in [4.78, 5) is 12.4. The van der Waals surface area contributed by atoms with Crippen LogP contribution in [-0.2, 0) is 0 Å². The lowest BCUT2D eigenvalue weighted by atomic mass is 10.2. The molecule has 0 spiro atoms. The second-order valence-electron chi connectivity index (χ2n) is 5.07. The monoisotopic (exact) mass is 333 g/mol. The number of carbonyl (C=O) groups is 1. The Morgan fingerprint density at radius 3 is 2.48 bits per heavy atom. The van der Waals surface area contributed by atoms with Crippen molar-refractivity contribution in [2.75, 3.05) is 0 Å². The van der Waals surface area contributed by atoms with Gasteiger partial charge in [-0.1, -0.05) is 30.3 Å². The molecule has 0 aliphatic carbocycles. The van der Waals surface area contributed by atoms with E-state index in [4.69, 9.17) is 4.74 Å². The number of nitrogens with zero attached hydrogens (tertiary/aromatic N) is 2. The van der Waals surface area contributed by atoms with Crippen molar-refractivity contribution in [1.29, 1.82) is 0 Å². The summed E-state index contributed by atoms with van der Waals surface area (Å²) in [6.07, 6.45) is 8.17. The Labute approximate surface area is 144 Å². The van der Waals surface area contributed by atoms with Gasteiger partial charge in [0.15, 0.2) is 0 Å². The average Bonchev–Trinajstić information content (AvgIpc) is 2.67. The second-order valence-corrected chi connectivity index (χ2v) is 5.07. The number of hydroxylamine groups is 1. The molecule has 25 heavy (non-hydrogen) atoms. The Morgan fingerprint density at radius 2 is 1.72 bits per heavy atom. The number of hydrogen-bond acceptors (Lipinski definition) is 5. The van der Waals surface area contributed by atoms with E-state index in [1.54, 1.807) is 54.9 Å². The second kappa shape index (κ2) is 7.74. The van der Waals surface area contributed by atoms with Crippen molar-refractivity contribution >= 4 is 5.91 Å². The molecule has 0 bridgehead atoms. The van der Waals surface area contributed by atoms with Crippen molar-refractivity contribution in [3.63, 3.8) is 0 Å². The zero-order valence-corrected chi connectivity index (χ0v) is 13.2. The molecule has 0 saturated heterocycles. The highest BCUT2D eigenvalue weighted by molar-refractivity contribution is 5.90. The third-order valence-electron chi connectivity index (χ3n) is 3.32. The topological polar surface area (TPSA) is 76.8 Å². The summed E-state index contributed by atoms with van der Waals surface area (Å²) < 4.78 is 5.70. The summed E-state index contributed by atoms with van der Waals surface area (Å²) in [6.45, 7) is 0. The average molecular weight is 333 g/mol. The van der Waals surface area contributed by atoms with Gasteiger partial charge < -0.3 is 15.3 Å². The molecule has 2 aromatic rings. The van der Waals surface area contributed by atoms with Gasteiger partial charge in [0.05, 0.1) is 0 Å². The van der Waals surface area contributed by atoms with E-state index >= 15 is 0 Å². The van der Waals surface area contributed by atoms with Crippen LogP contribution in [0.25, 0.3) is 0 Å². The van der Waals surface area contributed by atoms with E-state index in [9.17, 15) is 10.0 Å². The van der Waals surface area contributed by atoms with E-state index in [1.807, 2.05) is 18.2 Å². The van der Waals surface area contributed by atoms with Crippen molar-refractivity contribution in [3.05, 3.63) is 102 Å². The molecule has 0 saturated carbocycles. The van der Waals surface area contributed by atoms with E-state index in [0.29, 0.717) is 17.1 Å². The fraction of sp³-hybridized carbons (Fsp3) is 0. The number of allylic oxidation sites excluding steroid dienone is 3. The minimum absolute atomic E-state index is 0.0455. The van der Waals surface area contributed by atoms with Gasteiger partial charge in [-0.05, 0) is 41.3 Å². The summed E-state index contributed by atoms with van der Waals surface area (Å²) in [6, 6.07) is 15.6. The number of para-hydroxylation sites is 2. The molecule has 2 aromatic carbocycles. The van der Waals surface area contributed by atoms with Crippen molar-refractivity contribution < 1.29 is 14.4 Å². The summed E-state index contributed by atoms with van der Waals surface area (Å²) in [5, 5.41) is 18.5. The molecule has 0 radical (unpaired) electrons. The van der Waals surface area contributed by atoms with E-state index in [0.717, 1.165) is 0 Å². The van der Waals surface area contributed by atoms with Crippen molar-refractivity contribution in [2.45, 2.75) is 0 Å². The Morgan fingerprint density at radius 1 is 1.04 bits per heavy atom. The molecule has 124 valence electrons. The Kier molecular flexibility index (Phi) is 5.01. The quantitative estimate of drug-likeness (QED) is 0.519. The number of amides is 1. The highest BCUT2D eigenvalue weighted by Crippen LogP contribution is 2.25. The standard InChI is InChI=1S/C19H15N3O3/c23-19(22(24)21-14-15-10-12-20-13-11-15)17-8-4-5-9-18(17)25-16-6-2-1-3-7-16/h1-14,20H. The summed E-state index contributed by atoms with van der Waals surface area (Å²) in [5.41, 5.74) is 0.834. The predicted molar refractivity (Wildman–Crippen MR) is 92.8 cm³/mol. The normalized spacial score (nSPS) is 13.3. The number of azo groups is 1. The molecule has 1 heterocycles. The smallest absolute Gasteiger partial charge is 0.459 e. The first-order valence-corrected chi connectivity index (χ1v) is 7.57. The maximum absolute atomic E-state index is 12.4. The van der Waals surface area contributed by atoms with Gasteiger partial charge in [-0.15, -0.1) is 0 Å². The molecule has 1 N–H and O–H groups in total. The number of carbonyl (C=O) groups excluding carboxylic acids is 1. The lowest BCUT2D eigenvalue weighted by molar-refractivity contribution is -0.424. The van der Waals surface area contributed by atoms with E-state index < -0.39 is 5.91 Å². The summed E-state index contributed by atoms with van der Waals surface area (Å²) in [5.74, 6) is 0.0681. The molecule has 1 amide bonds. The van der Waals surface area contributed by atoms with Crippen LogP contribution >= 0.6 is 0 Å². The molecule has 0 aromatic heterocycles. The highest BCUT2D eigenvalue weighted by Gasteiger charge is 2.21. The number of nitrogens with one attached hydrogen (secondary N) is 1. The molecule has 6 nitrogen and oxygen atoms in total. The number of ether oxygens (including phenoxy) is 1. The van der Waals surface area contributed by atoms with E-state index in [-0.39, 0.29) is 10.4 Å².